The Morgan fingerprint density at radius 3 is 2.94 bits per heavy atom. The zero-order valence-electron chi connectivity index (χ0n) is 9.90. The van der Waals surface area contributed by atoms with E-state index in [4.69, 9.17) is 4.52 Å². The number of carbonyl (C=O) groups excluding carboxylic acids is 1. The summed E-state index contributed by atoms with van der Waals surface area (Å²) in [7, 11) is 0. The molecule has 0 aromatic carbocycles. The van der Waals surface area contributed by atoms with Crippen LogP contribution in [0.5, 0.6) is 0 Å². The van der Waals surface area contributed by atoms with E-state index in [0.29, 0.717) is 5.92 Å². The molecule has 1 saturated carbocycles. The van der Waals surface area contributed by atoms with Crippen LogP contribution in [0.25, 0.3) is 0 Å². The third kappa shape index (κ3) is 2.31. The minimum Gasteiger partial charge on any atom is -0.331 e. The first kappa shape index (κ1) is 11.3. The Balaban J connectivity index is 2.08. The molecule has 2 unspecified atom stereocenters. The lowest BCUT2D eigenvalue weighted by atomic mass is 9.80. The number of ketones is 1. The van der Waals surface area contributed by atoms with Crippen molar-refractivity contribution in [3.05, 3.63) is 11.7 Å². The summed E-state index contributed by atoms with van der Waals surface area (Å²) in [4.78, 5) is 15.2. The highest BCUT2D eigenvalue weighted by Gasteiger charge is 2.26. The zero-order chi connectivity index (χ0) is 11.5. The van der Waals surface area contributed by atoms with Gasteiger partial charge in [-0.1, -0.05) is 31.3 Å². The van der Waals surface area contributed by atoms with E-state index in [-0.39, 0.29) is 11.7 Å². The first-order valence-corrected chi connectivity index (χ1v) is 6.05. The fourth-order valence-corrected chi connectivity index (χ4v) is 2.44. The van der Waals surface area contributed by atoms with E-state index in [9.17, 15) is 4.79 Å². The molecule has 1 fully saturated rings. The maximum Gasteiger partial charge on any atom is 0.293 e. The predicted molar refractivity (Wildman–Crippen MR) is 59.3 cm³/mol. The SMILES string of the molecule is CCC1CCCC(c2noc(C(C)=O)n2)C1. The monoisotopic (exact) mass is 222 g/mol. The third-order valence-corrected chi connectivity index (χ3v) is 3.47. The van der Waals surface area contributed by atoms with E-state index in [0.717, 1.165) is 24.6 Å². The van der Waals surface area contributed by atoms with Gasteiger partial charge in [-0.05, 0) is 18.8 Å². The summed E-state index contributed by atoms with van der Waals surface area (Å²) in [6.07, 6.45) is 6.01. The molecule has 1 aromatic heterocycles. The van der Waals surface area contributed by atoms with Crippen LogP contribution in [-0.4, -0.2) is 15.9 Å². The molecular weight excluding hydrogens is 204 g/mol. The van der Waals surface area contributed by atoms with Crippen molar-refractivity contribution in [1.29, 1.82) is 0 Å². The van der Waals surface area contributed by atoms with Crippen LogP contribution < -0.4 is 0 Å². The molecule has 0 aliphatic heterocycles. The topological polar surface area (TPSA) is 56.0 Å². The summed E-state index contributed by atoms with van der Waals surface area (Å²) in [5, 5.41) is 3.92. The van der Waals surface area contributed by atoms with Gasteiger partial charge >= 0.3 is 0 Å². The molecule has 4 heteroatoms. The van der Waals surface area contributed by atoms with Gasteiger partial charge in [-0.25, -0.2) is 0 Å². The molecule has 1 aliphatic rings. The zero-order valence-corrected chi connectivity index (χ0v) is 9.90. The quantitative estimate of drug-likeness (QED) is 0.738. The summed E-state index contributed by atoms with van der Waals surface area (Å²) in [5.41, 5.74) is 0. The van der Waals surface area contributed by atoms with Gasteiger partial charge in [0.2, 0.25) is 5.78 Å². The average Bonchev–Trinajstić information content (AvgIpc) is 2.78. The number of hydrogen-bond acceptors (Lipinski definition) is 4. The lowest BCUT2D eigenvalue weighted by Crippen LogP contribution is -2.14. The normalized spacial score (nSPS) is 25.6. The maximum atomic E-state index is 11.1. The number of rotatable bonds is 3. The Morgan fingerprint density at radius 1 is 1.50 bits per heavy atom. The molecule has 0 bridgehead atoms. The molecule has 0 spiro atoms. The summed E-state index contributed by atoms with van der Waals surface area (Å²) >= 11 is 0. The lowest BCUT2D eigenvalue weighted by Gasteiger charge is -2.26. The molecular formula is C12H18N2O2. The molecule has 1 aliphatic carbocycles. The van der Waals surface area contributed by atoms with Crippen LogP contribution in [0.4, 0.5) is 0 Å². The van der Waals surface area contributed by atoms with Crippen LogP contribution in [-0.2, 0) is 0 Å². The van der Waals surface area contributed by atoms with E-state index in [1.807, 2.05) is 0 Å². The van der Waals surface area contributed by atoms with Crippen LogP contribution in [0.1, 0.15) is 68.4 Å². The predicted octanol–water partition coefficient (Wildman–Crippen LogP) is 2.96. The number of nitrogens with zero attached hydrogens (tertiary/aromatic N) is 2. The fraction of sp³-hybridized carbons (Fsp3) is 0.750. The van der Waals surface area contributed by atoms with Crippen LogP contribution in [0.2, 0.25) is 0 Å². The second-order valence-electron chi connectivity index (χ2n) is 4.65. The van der Waals surface area contributed by atoms with Crippen LogP contribution >= 0.6 is 0 Å². The van der Waals surface area contributed by atoms with Gasteiger partial charge < -0.3 is 4.52 Å². The maximum absolute atomic E-state index is 11.1. The summed E-state index contributed by atoms with van der Waals surface area (Å²) in [5.74, 6) is 1.88. The highest BCUT2D eigenvalue weighted by molar-refractivity contribution is 5.89. The van der Waals surface area contributed by atoms with Crippen molar-refractivity contribution >= 4 is 5.78 Å². The Hall–Kier alpha value is -1.19. The van der Waals surface area contributed by atoms with Gasteiger partial charge in [0.15, 0.2) is 5.82 Å². The molecule has 4 nitrogen and oxygen atoms in total. The number of hydrogen-bond donors (Lipinski definition) is 0. The molecule has 0 radical (unpaired) electrons. The molecule has 88 valence electrons. The minimum atomic E-state index is -0.151. The Bertz CT molecular complexity index is 373. The molecule has 16 heavy (non-hydrogen) atoms. The molecule has 1 aromatic rings. The van der Waals surface area contributed by atoms with Gasteiger partial charge in [0.1, 0.15) is 0 Å². The van der Waals surface area contributed by atoms with Crippen molar-refractivity contribution in [2.24, 2.45) is 5.92 Å². The highest BCUT2D eigenvalue weighted by Crippen LogP contribution is 2.36. The Morgan fingerprint density at radius 2 is 2.31 bits per heavy atom. The van der Waals surface area contributed by atoms with E-state index < -0.39 is 0 Å². The van der Waals surface area contributed by atoms with Gasteiger partial charge in [-0.2, -0.15) is 4.98 Å². The standard InChI is InChI=1S/C12H18N2O2/c1-3-9-5-4-6-10(7-9)11-13-12(8(2)15)16-14-11/h9-10H,3-7H2,1-2H3. The molecule has 2 rings (SSSR count). The van der Waals surface area contributed by atoms with Crippen molar-refractivity contribution in [3.63, 3.8) is 0 Å². The largest absolute Gasteiger partial charge is 0.331 e. The number of aromatic nitrogens is 2. The summed E-state index contributed by atoms with van der Waals surface area (Å²) in [6.45, 7) is 3.68. The van der Waals surface area contributed by atoms with Crippen molar-refractivity contribution in [2.45, 2.75) is 51.9 Å². The summed E-state index contributed by atoms with van der Waals surface area (Å²) in [6, 6.07) is 0. The summed E-state index contributed by atoms with van der Waals surface area (Å²) < 4.78 is 4.94. The van der Waals surface area contributed by atoms with E-state index in [1.165, 1.54) is 26.2 Å². The fourth-order valence-electron chi connectivity index (χ4n) is 2.44. The van der Waals surface area contributed by atoms with E-state index >= 15 is 0 Å². The third-order valence-electron chi connectivity index (χ3n) is 3.47. The molecule has 0 saturated heterocycles. The van der Waals surface area contributed by atoms with E-state index in [1.54, 1.807) is 0 Å². The molecule has 0 amide bonds. The van der Waals surface area contributed by atoms with Crippen molar-refractivity contribution < 1.29 is 9.32 Å². The van der Waals surface area contributed by atoms with Gasteiger partial charge in [0, 0.05) is 12.8 Å². The van der Waals surface area contributed by atoms with Crippen molar-refractivity contribution in [3.8, 4) is 0 Å². The van der Waals surface area contributed by atoms with Gasteiger partial charge in [-0.15, -0.1) is 0 Å². The van der Waals surface area contributed by atoms with Gasteiger partial charge in [-0.3, -0.25) is 4.79 Å². The van der Waals surface area contributed by atoms with Crippen LogP contribution in [0.15, 0.2) is 4.52 Å². The first-order valence-electron chi connectivity index (χ1n) is 6.05. The average molecular weight is 222 g/mol. The number of carbonyl (C=O) groups is 1. The van der Waals surface area contributed by atoms with Crippen LogP contribution in [0, 0.1) is 5.92 Å². The number of Topliss-reactive ketones (excluding diaryl/α,β-unsaturated/α-hetero) is 1. The smallest absolute Gasteiger partial charge is 0.293 e. The highest BCUT2D eigenvalue weighted by atomic mass is 16.5. The molecule has 2 atom stereocenters. The second-order valence-corrected chi connectivity index (χ2v) is 4.65. The molecule has 1 heterocycles. The van der Waals surface area contributed by atoms with Crippen molar-refractivity contribution in [2.75, 3.05) is 0 Å². The van der Waals surface area contributed by atoms with Gasteiger partial charge in [0.25, 0.3) is 5.89 Å². The van der Waals surface area contributed by atoms with Crippen LogP contribution in [0.3, 0.4) is 0 Å². The molecule has 0 N–H and O–H groups in total. The Labute approximate surface area is 95.4 Å². The first-order chi connectivity index (χ1) is 7.70. The second kappa shape index (κ2) is 4.76. The minimum absolute atomic E-state index is 0.147. The lowest BCUT2D eigenvalue weighted by molar-refractivity contribution is 0.0972. The Kier molecular flexibility index (Phi) is 3.36. The van der Waals surface area contributed by atoms with E-state index in [2.05, 4.69) is 17.1 Å². The van der Waals surface area contributed by atoms with Gasteiger partial charge in [0.05, 0.1) is 0 Å². The van der Waals surface area contributed by atoms with Crippen molar-refractivity contribution in [1.82, 2.24) is 10.1 Å².